The average Bonchev–Trinajstić information content (AvgIpc) is 3.50. The number of hydrazine groups is 1. The van der Waals surface area contributed by atoms with Crippen LogP contribution in [-0.4, -0.2) is 32.8 Å². The Morgan fingerprint density at radius 3 is 2.62 bits per heavy atom. The third-order valence-electron chi connectivity index (χ3n) is 6.23. The Balaban J connectivity index is 2.08. The van der Waals surface area contributed by atoms with E-state index < -0.39 is 28.0 Å². The average molecular weight is 550 g/mol. The summed E-state index contributed by atoms with van der Waals surface area (Å²) >= 11 is 6.48. The van der Waals surface area contributed by atoms with E-state index in [2.05, 4.69) is 4.99 Å². The summed E-state index contributed by atoms with van der Waals surface area (Å²) in [6.45, 7) is 5.31. The zero-order valence-electron chi connectivity index (χ0n) is 21.2. The van der Waals surface area contributed by atoms with Crippen molar-refractivity contribution in [1.29, 1.82) is 0 Å². The molecule has 1 heterocycles. The second-order valence-corrected chi connectivity index (χ2v) is 10.7. The zero-order valence-corrected chi connectivity index (χ0v) is 22.8. The maximum Gasteiger partial charge on any atom is 0.273 e. The Morgan fingerprint density at radius 2 is 2.03 bits per heavy atom. The van der Waals surface area contributed by atoms with Crippen LogP contribution in [0.3, 0.4) is 0 Å². The lowest BCUT2D eigenvalue weighted by atomic mass is 10.1. The van der Waals surface area contributed by atoms with Gasteiger partial charge < -0.3 is 10.7 Å². The van der Waals surface area contributed by atoms with Crippen LogP contribution < -0.4 is 17.1 Å². The second kappa shape index (κ2) is 11.5. The molecule has 7 nitrogen and oxygen atoms in total. The Morgan fingerprint density at radius 1 is 1.35 bits per heavy atom. The molecule has 0 radical (unpaired) electrons. The zero-order chi connectivity index (χ0) is 27.6. The second-order valence-electron chi connectivity index (χ2n) is 8.94. The van der Waals surface area contributed by atoms with E-state index in [4.69, 9.17) is 23.2 Å². The highest BCUT2D eigenvalue weighted by Gasteiger charge is 2.50. The van der Waals surface area contributed by atoms with Gasteiger partial charge in [-0.1, -0.05) is 30.7 Å². The fourth-order valence-corrected chi connectivity index (χ4v) is 5.33. The van der Waals surface area contributed by atoms with Crippen molar-refractivity contribution in [3.8, 4) is 0 Å². The van der Waals surface area contributed by atoms with Crippen LogP contribution in [0.5, 0.6) is 0 Å². The lowest BCUT2D eigenvalue weighted by molar-refractivity contribution is 0.475. The van der Waals surface area contributed by atoms with E-state index in [0.29, 0.717) is 17.0 Å². The van der Waals surface area contributed by atoms with Crippen LogP contribution in [0.15, 0.2) is 68.9 Å². The molecule has 37 heavy (non-hydrogen) atoms. The minimum atomic E-state index is -1.63. The number of halogens is 3. The highest BCUT2D eigenvalue weighted by molar-refractivity contribution is 7.84. The molecule has 1 saturated carbocycles. The number of hydrogen-bond donors (Lipinski definition) is 2. The highest BCUT2D eigenvalue weighted by atomic mass is 35.5. The van der Waals surface area contributed by atoms with Crippen LogP contribution in [0, 0.1) is 24.6 Å². The van der Waals surface area contributed by atoms with Crippen molar-refractivity contribution in [2.24, 2.45) is 28.4 Å². The molecule has 2 aromatic rings. The number of nitrogens with zero attached hydrogens (tertiary/aromatic N) is 3. The molecule has 0 saturated heterocycles. The van der Waals surface area contributed by atoms with Gasteiger partial charge >= 0.3 is 0 Å². The summed E-state index contributed by atoms with van der Waals surface area (Å²) in [6, 6.07) is 5.87. The fraction of sp³-hybridized carbons (Fsp3) is 0.308. The first-order chi connectivity index (χ1) is 17.4. The van der Waals surface area contributed by atoms with E-state index >= 15 is 8.78 Å². The molecule has 4 unspecified atom stereocenters. The van der Waals surface area contributed by atoms with Gasteiger partial charge in [0.2, 0.25) is 0 Å². The summed E-state index contributed by atoms with van der Waals surface area (Å²) in [5.74, 6) is 3.85. The van der Waals surface area contributed by atoms with Gasteiger partial charge in [0.1, 0.15) is 16.6 Å². The molecule has 4 N–H and O–H groups in total. The predicted molar refractivity (Wildman–Crippen MR) is 146 cm³/mol. The molecule has 1 aromatic heterocycles. The van der Waals surface area contributed by atoms with Crippen molar-refractivity contribution in [2.75, 3.05) is 13.3 Å². The summed E-state index contributed by atoms with van der Waals surface area (Å²) < 4.78 is 43.6. The van der Waals surface area contributed by atoms with Crippen molar-refractivity contribution in [2.45, 2.75) is 31.6 Å². The maximum absolute atomic E-state index is 15.6. The van der Waals surface area contributed by atoms with E-state index in [0.717, 1.165) is 10.8 Å². The Hall–Kier alpha value is -3.08. The molecule has 1 aromatic carbocycles. The van der Waals surface area contributed by atoms with Crippen molar-refractivity contribution < 1.29 is 13.0 Å². The number of nitrogens with two attached hydrogens (primary N) is 2. The number of aryl methyl sites for hydroxylation is 1. The normalized spacial score (nSPS) is 21.4. The van der Waals surface area contributed by atoms with Gasteiger partial charge in [-0.2, -0.15) is 0 Å². The topological polar surface area (TPSA) is 107 Å². The van der Waals surface area contributed by atoms with Crippen LogP contribution in [0.25, 0.3) is 6.20 Å². The van der Waals surface area contributed by atoms with Gasteiger partial charge in [0.15, 0.2) is 5.83 Å². The van der Waals surface area contributed by atoms with Crippen molar-refractivity contribution in [3.05, 3.63) is 92.3 Å². The van der Waals surface area contributed by atoms with E-state index in [9.17, 15) is 9.00 Å². The first-order valence-electron chi connectivity index (χ1n) is 11.5. The largest absolute Gasteiger partial charge is 0.401 e. The van der Waals surface area contributed by atoms with Crippen LogP contribution >= 0.6 is 11.6 Å². The van der Waals surface area contributed by atoms with E-state index in [-0.39, 0.29) is 38.9 Å². The van der Waals surface area contributed by atoms with Crippen LogP contribution in [0.4, 0.5) is 8.78 Å². The molecule has 0 bridgehead atoms. The number of pyridine rings is 1. The lowest BCUT2D eigenvalue weighted by Crippen LogP contribution is -2.22. The maximum atomic E-state index is 15.6. The van der Waals surface area contributed by atoms with Crippen molar-refractivity contribution in [1.82, 2.24) is 9.58 Å². The van der Waals surface area contributed by atoms with E-state index in [1.807, 2.05) is 6.92 Å². The molecule has 0 spiro atoms. The lowest BCUT2D eigenvalue weighted by Gasteiger charge is -2.13. The first kappa shape index (κ1) is 28.5. The number of hydrogen-bond acceptors (Lipinski definition) is 6. The molecule has 1 fully saturated rings. The van der Waals surface area contributed by atoms with Gasteiger partial charge in [0.05, 0.1) is 21.9 Å². The fourth-order valence-electron chi connectivity index (χ4n) is 4.42. The van der Waals surface area contributed by atoms with Crippen LogP contribution in [-0.2, 0) is 10.8 Å². The Bertz CT molecular complexity index is 1410. The highest BCUT2D eigenvalue weighted by Crippen LogP contribution is 2.57. The molecule has 0 aliphatic heterocycles. The Kier molecular flexibility index (Phi) is 8.88. The molecule has 11 heteroatoms. The summed E-state index contributed by atoms with van der Waals surface area (Å²) in [5.41, 5.74) is 6.63. The van der Waals surface area contributed by atoms with E-state index in [1.165, 1.54) is 35.7 Å². The molecular formula is C26H30ClF2N5O2S. The summed E-state index contributed by atoms with van der Waals surface area (Å²) in [5, 5.41) is 1.31. The van der Waals surface area contributed by atoms with Gasteiger partial charge in [-0.3, -0.25) is 18.6 Å². The monoisotopic (exact) mass is 549 g/mol. The molecule has 1 aliphatic carbocycles. The molecule has 198 valence electrons. The summed E-state index contributed by atoms with van der Waals surface area (Å²) in [4.78, 5) is 17.2. The third-order valence-corrected chi connectivity index (χ3v) is 7.54. The number of benzene rings is 1. The predicted octanol–water partition coefficient (Wildman–Crippen LogP) is 4.43. The van der Waals surface area contributed by atoms with Gasteiger partial charge in [-0.25, -0.2) is 14.6 Å². The van der Waals surface area contributed by atoms with Crippen molar-refractivity contribution >= 4 is 34.3 Å². The van der Waals surface area contributed by atoms with E-state index in [1.54, 1.807) is 39.2 Å². The molecule has 1 aliphatic rings. The molecule has 3 rings (SSSR count). The van der Waals surface area contributed by atoms with Crippen LogP contribution in [0.1, 0.15) is 36.6 Å². The SMILES string of the molecule is C/C=C/N=C(/C(F)=C/n1c(C)cc(C2C(C)C2/C(N)=C/N(C)N)c(Cl)c1=O)c1cccc(S(C)=O)c1F. The van der Waals surface area contributed by atoms with Crippen molar-refractivity contribution in [3.63, 3.8) is 0 Å². The van der Waals surface area contributed by atoms with Gasteiger partial charge in [-0.15, -0.1) is 0 Å². The molecule has 4 atom stereocenters. The number of allylic oxidation sites excluding steroid dienone is 3. The summed E-state index contributed by atoms with van der Waals surface area (Å²) in [7, 11) is 0.0245. The van der Waals surface area contributed by atoms with Gasteiger partial charge in [0.25, 0.3) is 5.56 Å². The minimum absolute atomic E-state index is 0.0376. The Labute approximate surface area is 222 Å². The standard InChI is InChI=1S/C26H30ClF2N5O2S/c1-6-10-32-25(16-8-7-9-20(24(16)29)37(5)36)18(28)12-34-14(2)11-17(23(27)26(34)35)21-15(3)22(21)19(30)13-33(4)31/h6-13,15,21-22H,30-31H2,1-5H3/b10-6+,18-12-,19-13-,32-25+. The van der Waals surface area contributed by atoms with Crippen LogP contribution in [0.2, 0.25) is 5.02 Å². The molecule has 0 amide bonds. The quantitative estimate of drug-likeness (QED) is 0.288. The van der Waals surface area contributed by atoms with Gasteiger partial charge in [-0.05, 0) is 49.4 Å². The molecular weight excluding hydrogens is 520 g/mol. The summed E-state index contributed by atoms with van der Waals surface area (Å²) in [6.07, 6.45) is 6.72. The van der Waals surface area contributed by atoms with Gasteiger partial charge in [0, 0.05) is 48.6 Å². The third kappa shape index (κ3) is 5.92. The number of aromatic nitrogens is 1. The number of rotatable bonds is 8. The minimum Gasteiger partial charge on any atom is -0.401 e. The smallest absolute Gasteiger partial charge is 0.273 e. The first-order valence-corrected chi connectivity index (χ1v) is 13.4. The number of aliphatic imine (C=N–C) groups is 1.